The van der Waals surface area contributed by atoms with Gasteiger partial charge in [-0.1, -0.05) is 144 Å². The average Bonchev–Trinajstić information content (AvgIpc) is 2.95. The van der Waals surface area contributed by atoms with E-state index in [1.54, 1.807) is 13.8 Å². The minimum absolute atomic E-state index is 0.795. The lowest BCUT2D eigenvalue weighted by molar-refractivity contribution is 0.220. The smallest absolute Gasteiger partial charge is 0.130 e. The number of aryl methyl sites for hydroxylation is 4. The molecule has 0 spiro atoms. The summed E-state index contributed by atoms with van der Waals surface area (Å²) in [5.41, 5.74) is 9.38. The van der Waals surface area contributed by atoms with Crippen molar-refractivity contribution in [2.75, 3.05) is 0 Å². The molecule has 41 heavy (non-hydrogen) atoms. The molecular weight excluding hydrogens is 499 g/mol. The highest BCUT2D eigenvalue weighted by Crippen LogP contribution is 2.29. The molecule has 0 radical (unpaired) electrons. The zero-order valence-electron chi connectivity index (χ0n) is 28.3. The Kier molecular flexibility index (Phi) is 19.4. The van der Waals surface area contributed by atoms with Crippen LogP contribution < -0.4 is 0 Å². The van der Waals surface area contributed by atoms with Crippen LogP contribution in [-0.4, -0.2) is 0 Å². The highest BCUT2D eigenvalue weighted by molar-refractivity contribution is 5.67. The van der Waals surface area contributed by atoms with Crippen molar-refractivity contribution >= 4 is 11.6 Å². The van der Waals surface area contributed by atoms with Crippen LogP contribution in [0, 0.1) is 13.8 Å². The first-order chi connectivity index (χ1) is 19.4. The van der Waals surface area contributed by atoms with Gasteiger partial charge in [0.25, 0.3) is 0 Å². The van der Waals surface area contributed by atoms with E-state index in [4.69, 9.17) is 0 Å². The lowest BCUT2D eigenvalue weighted by Gasteiger charge is -2.19. The van der Waals surface area contributed by atoms with Crippen LogP contribution in [0.1, 0.15) is 127 Å². The molecule has 226 valence electrons. The van der Waals surface area contributed by atoms with Gasteiger partial charge in [-0.05, 0) is 100 Å². The molecule has 0 aromatic heterocycles. The van der Waals surface area contributed by atoms with Crippen LogP contribution in [0.3, 0.4) is 0 Å². The molecule has 3 aromatic rings. The summed E-state index contributed by atoms with van der Waals surface area (Å²) in [6.07, 6.45) is 9.23. The summed E-state index contributed by atoms with van der Waals surface area (Å²) in [6, 6.07) is 22.9. The van der Waals surface area contributed by atoms with E-state index in [1.165, 1.54) is 52.7 Å². The maximum Gasteiger partial charge on any atom is 0.130 e. The van der Waals surface area contributed by atoms with Gasteiger partial charge in [0.15, 0.2) is 0 Å². The van der Waals surface area contributed by atoms with Gasteiger partial charge in [-0.2, -0.15) is 0 Å². The van der Waals surface area contributed by atoms with E-state index in [0.717, 1.165) is 36.0 Å². The predicted octanol–water partition coefficient (Wildman–Crippen LogP) is 13.0. The number of hydrogen-bond acceptors (Lipinski definition) is 0. The van der Waals surface area contributed by atoms with Gasteiger partial charge in [-0.3, -0.25) is 0 Å². The van der Waals surface area contributed by atoms with E-state index in [2.05, 4.69) is 96.7 Å². The summed E-state index contributed by atoms with van der Waals surface area (Å²) in [5, 5.41) is 0. The Bertz CT molecular complexity index is 1150. The summed E-state index contributed by atoms with van der Waals surface area (Å²) >= 11 is 0. The molecular formula is C40H59F. The van der Waals surface area contributed by atoms with E-state index < -0.39 is 5.67 Å². The van der Waals surface area contributed by atoms with Crippen LogP contribution in [0.15, 0.2) is 78.9 Å². The number of benzene rings is 3. The summed E-state index contributed by atoms with van der Waals surface area (Å²) in [5.74, 6) is 0. The van der Waals surface area contributed by atoms with Crippen LogP contribution in [0.2, 0.25) is 0 Å². The van der Waals surface area contributed by atoms with E-state index in [1.807, 2.05) is 45.0 Å². The predicted molar refractivity (Wildman–Crippen MR) is 186 cm³/mol. The fraction of sp³-hybridized carbons (Fsp3) is 0.450. The lowest BCUT2D eigenvalue weighted by Crippen LogP contribution is -2.12. The molecule has 0 saturated carbocycles. The van der Waals surface area contributed by atoms with Crippen molar-refractivity contribution in [1.29, 1.82) is 0 Å². The first-order valence-electron chi connectivity index (χ1n) is 15.7. The molecule has 0 aliphatic carbocycles. The molecule has 0 aliphatic rings. The van der Waals surface area contributed by atoms with Crippen LogP contribution in [0.25, 0.3) is 11.6 Å². The molecule has 0 atom stereocenters. The molecule has 0 aliphatic heterocycles. The molecule has 3 aromatic carbocycles. The van der Waals surface area contributed by atoms with Gasteiger partial charge in [0.1, 0.15) is 5.67 Å². The Morgan fingerprint density at radius 1 is 0.854 bits per heavy atom. The number of rotatable bonds is 9. The molecule has 0 amide bonds. The Labute approximate surface area is 253 Å². The van der Waals surface area contributed by atoms with Gasteiger partial charge in [-0.25, -0.2) is 4.39 Å². The zero-order chi connectivity index (χ0) is 31.4. The number of unbranched alkanes of at least 4 members (excludes halogenated alkanes) is 2. The van der Waals surface area contributed by atoms with Gasteiger partial charge < -0.3 is 0 Å². The molecule has 0 bridgehead atoms. The number of hydrogen-bond donors (Lipinski definition) is 0. The normalized spacial score (nSPS) is 10.8. The topological polar surface area (TPSA) is 0 Å². The molecule has 0 unspecified atom stereocenters. The zero-order valence-corrected chi connectivity index (χ0v) is 28.3. The van der Waals surface area contributed by atoms with Crippen molar-refractivity contribution in [3.05, 3.63) is 118 Å². The molecule has 0 nitrogen and oxygen atoms in total. The minimum atomic E-state index is -1.30. The van der Waals surface area contributed by atoms with Crippen LogP contribution in [0.4, 0.5) is 4.39 Å². The standard InChI is InChI=1S/C24H29F.C9H12.C5H12.C2H6/c1-17(2)21-14-12-19(4)22(16-21)15-18(3)11-13-20-9-7-8-10-23(20)24(5,6)25;1-3-9-6-4-8(2)5-7-9;1-3-5-4-2;1-2/h7-10,12,14-16H,1,11,13H2,2-6H3;4-7H,3H2,1-2H3;3-5H2,1-2H3;1-2H3/b18-15-;;;. The van der Waals surface area contributed by atoms with Gasteiger partial charge in [0.2, 0.25) is 0 Å². The highest BCUT2D eigenvalue weighted by Gasteiger charge is 2.21. The van der Waals surface area contributed by atoms with Gasteiger partial charge in [0, 0.05) is 0 Å². The van der Waals surface area contributed by atoms with Crippen molar-refractivity contribution in [1.82, 2.24) is 0 Å². The Morgan fingerprint density at radius 3 is 1.93 bits per heavy atom. The number of allylic oxidation sites excluding steroid dienone is 2. The molecule has 1 heteroatoms. The van der Waals surface area contributed by atoms with Gasteiger partial charge in [0.05, 0.1) is 0 Å². The molecule has 0 fully saturated rings. The SMILES string of the molecule is C=C(C)c1ccc(C)c(/C=C(/C)CCc2ccccc2C(C)(C)F)c1.CC.CCCCC.CCc1ccc(C)cc1. The van der Waals surface area contributed by atoms with Crippen molar-refractivity contribution in [2.45, 2.75) is 120 Å². The van der Waals surface area contributed by atoms with E-state index in [0.29, 0.717) is 0 Å². The monoisotopic (exact) mass is 558 g/mol. The molecule has 0 N–H and O–H groups in total. The van der Waals surface area contributed by atoms with Crippen molar-refractivity contribution in [3.63, 3.8) is 0 Å². The molecule has 0 heterocycles. The van der Waals surface area contributed by atoms with E-state index in [9.17, 15) is 4.39 Å². The van der Waals surface area contributed by atoms with Crippen LogP contribution in [0.5, 0.6) is 0 Å². The Morgan fingerprint density at radius 2 is 1.44 bits per heavy atom. The molecule has 0 saturated heterocycles. The first-order valence-corrected chi connectivity index (χ1v) is 15.7. The highest BCUT2D eigenvalue weighted by atomic mass is 19.1. The van der Waals surface area contributed by atoms with Crippen LogP contribution in [-0.2, 0) is 18.5 Å². The fourth-order valence-electron chi connectivity index (χ4n) is 4.23. The summed E-state index contributed by atoms with van der Waals surface area (Å²) < 4.78 is 14.4. The maximum absolute atomic E-state index is 14.4. The third-order valence-corrected chi connectivity index (χ3v) is 6.86. The summed E-state index contributed by atoms with van der Waals surface area (Å²) in [4.78, 5) is 0. The first kappa shape index (κ1) is 38.1. The Hall–Kier alpha value is -2.93. The van der Waals surface area contributed by atoms with Crippen molar-refractivity contribution < 1.29 is 4.39 Å². The number of alkyl halides is 1. The van der Waals surface area contributed by atoms with E-state index >= 15 is 0 Å². The quantitative estimate of drug-likeness (QED) is 0.245. The second-order valence-corrected chi connectivity index (χ2v) is 11.2. The molecule has 3 rings (SSSR count). The van der Waals surface area contributed by atoms with Crippen LogP contribution >= 0.6 is 0 Å². The van der Waals surface area contributed by atoms with Crippen molar-refractivity contribution in [2.24, 2.45) is 0 Å². The summed E-state index contributed by atoms with van der Waals surface area (Å²) in [6.45, 7) is 26.3. The lowest BCUT2D eigenvalue weighted by atomic mass is 9.91. The van der Waals surface area contributed by atoms with E-state index in [-0.39, 0.29) is 0 Å². The third kappa shape index (κ3) is 15.6. The average molecular weight is 559 g/mol. The Balaban J connectivity index is 0.000000817. The third-order valence-electron chi connectivity index (χ3n) is 6.86. The second kappa shape index (κ2) is 20.9. The fourth-order valence-corrected chi connectivity index (χ4v) is 4.23. The van der Waals surface area contributed by atoms with Gasteiger partial charge >= 0.3 is 0 Å². The maximum atomic E-state index is 14.4. The van der Waals surface area contributed by atoms with Crippen molar-refractivity contribution in [3.8, 4) is 0 Å². The second-order valence-electron chi connectivity index (χ2n) is 11.2. The van der Waals surface area contributed by atoms with Gasteiger partial charge in [-0.15, -0.1) is 0 Å². The number of halogens is 1. The largest absolute Gasteiger partial charge is 0.239 e. The summed E-state index contributed by atoms with van der Waals surface area (Å²) in [7, 11) is 0. The minimum Gasteiger partial charge on any atom is -0.239 e.